The van der Waals surface area contributed by atoms with Crippen LogP contribution in [0.4, 0.5) is 0 Å². The maximum atomic E-state index is 12.8. The zero-order valence-corrected chi connectivity index (χ0v) is 13.5. The van der Waals surface area contributed by atoms with Crippen molar-refractivity contribution in [3.63, 3.8) is 0 Å². The lowest BCUT2D eigenvalue weighted by atomic mass is 9.72. The van der Waals surface area contributed by atoms with Gasteiger partial charge in [-0.05, 0) is 32.6 Å². The van der Waals surface area contributed by atoms with Crippen LogP contribution in [0, 0.1) is 5.92 Å². The zero-order chi connectivity index (χ0) is 16.6. The van der Waals surface area contributed by atoms with E-state index in [-0.39, 0.29) is 23.6 Å². The molecule has 2 heterocycles. The molecule has 1 aliphatic carbocycles. The molecule has 2 amide bonds. The number of nitrogens with zero attached hydrogens (tertiary/aromatic N) is 1. The summed E-state index contributed by atoms with van der Waals surface area (Å²) in [6.07, 6.45) is 6.99. The Bertz CT molecular complexity index is 607. The van der Waals surface area contributed by atoms with E-state index in [9.17, 15) is 14.7 Å². The summed E-state index contributed by atoms with van der Waals surface area (Å²) in [7, 11) is 0. The van der Waals surface area contributed by atoms with Crippen LogP contribution in [0.15, 0.2) is 16.7 Å². The monoisotopic (exact) mass is 320 g/mol. The Balaban J connectivity index is 1.80. The molecule has 0 spiro atoms. The second-order valence-electron chi connectivity index (χ2n) is 6.98. The number of aliphatic hydroxyl groups is 1. The number of hydrogen-bond donors (Lipinski definition) is 2. The second-order valence-corrected chi connectivity index (χ2v) is 6.98. The molecule has 23 heavy (non-hydrogen) atoms. The summed E-state index contributed by atoms with van der Waals surface area (Å²) in [6, 6.07) is 1.45. The van der Waals surface area contributed by atoms with Gasteiger partial charge in [0.1, 0.15) is 6.26 Å². The van der Waals surface area contributed by atoms with Crippen molar-refractivity contribution in [2.45, 2.75) is 57.1 Å². The van der Waals surface area contributed by atoms with E-state index in [2.05, 4.69) is 0 Å². The Morgan fingerprint density at radius 3 is 2.78 bits per heavy atom. The van der Waals surface area contributed by atoms with E-state index in [0.29, 0.717) is 12.1 Å². The van der Waals surface area contributed by atoms with Gasteiger partial charge in [-0.3, -0.25) is 9.59 Å². The summed E-state index contributed by atoms with van der Waals surface area (Å²) in [4.78, 5) is 25.7. The third kappa shape index (κ3) is 3.00. The van der Waals surface area contributed by atoms with Gasteiger partial charge in [0.15, 0.2) is 5.76 Å². The number of furan rings is 1. The molecule has 3 N–H and O–H groups in total. The number of primary amides is 1. The van der Waals surface area contributed by atoms with Gasteiger partial charge in [-0.15, -0.1) is 0 Å². The van der Waals surface area contributed by atoms with Crippen LogP contribution in [-0.2, 0) is 0 Å². The molecule has 1 saturated carbocycles. The lowest BCUT2D eigenvalue weighted by Crippen LogP contribution is -2.50. The number of hydrogen-bond acceptors (Lipinski definition) is 4. The Labute approximate surface area is 135 Å². The first-order valence-corrected chi connectivity index (χ1v) is 8.32. The van der Waals surface area contributed by atoms with Crippen molar-refractivity contribution in [2.75, 3.05) is 6.54 Å². The SMILES string of the molecule is C[C@]1(O)CCCC[C@H]1[C@@H]1CCCN1C(=O)c1coc(C(N)=O)c1. The lowest BCUT2D eigenvalue weighted by Gasteiger charge is -2.43. The van der Waals surface area contributed by atoms with E-state index in [1.54, 1.807) is 0 Å². The third-order valence-corrected chi connectivity index (χ3v) is 5.36. The maximum absolute atomic E-state index is 12.8. The molecule has 0 bridgehead atoms. The van der Waals surface area contributed by atoms with Gasteiger partial charge in [-0.1, -0.05) is 12.8 Å². The molecule has 0 aromatic carbocycles. The van der Waals surface area contributed by atoms with Crippen molar-refractivity contribution in [3.05, 3.63) is 23.7 Å². The normalized spacial score (nSPS) is 31.3. The van der Waals surface area contributed by atoms with Crippen molar-refractivity contribution >= 4 is 11.8 Å². The van der Waals surface area contributed by atoms with Crippen LogP contribution in [0.3, 0.4) is 0 Å². The van der Waals surface area contributed by atoms with Crippen molar-refractivity contribution in [3.8, 4) is 0 Å². The predicted molar refractivity (Wildman–Crippen MR) is 83.9 cm³/mol. The van der Waals surface area contributed by atoms with E-state index in [1.165, 1.54) is 12.3 Å². The molecule has 1 aromatic heterocycles. The minimum atomic E-state index is -0.722. The fraction of sp³-hybridized carbons (Fsp3) is 0.647. The summed E-state index contributed by atoms with van der Waals surface area (Å²) >= 11 is 0. The summed E-state index contributed by atoms with van der Waals surface area (Å²) in [6.45, 7) is 2.56. The van der Waals surface area contributed by atoms with Gasteiger partial charge in [-0.25, -0.2) is 0 Å². The summed E-state index contributed by atoms with van der Waals surface area (Å²) in [5.74, 6) is -0.735. The molecule has 0 radical (unpaired) electrons. The van der Waals surface area contributed by atoms with Gasteiger partial charge >= 0.3 is 0 Å². The van der Waals surface area contributed by atoms with Crippen LogP contribution in [0.5, 0.6) is 0 Å². The topological polar surface area (TPSA) is 96.8 Å². The Morgan fingerprint density at radius 1 is 1.35 bits per heavy atom. The Hall–Kier alpha value is -1.82. The standard InChI is InChI=1S/C17H24N2O4/c1-17(22)7-3-2-5-12(17)13-6-4-8-19(13)16(21)11-9-14(15(18)20)23-10-11/h9-10,12-13,22H,2-8H2,1H3,(H2,18,20)/t12-,13-,17-/m0/s1. The van der Waals surface area contributed by atoms with Crippen LogP contribution in [0.2, 0.25) is 0 Å². The molecule has 6 nitrogen and oxygen atoms in total. The highest BCUT2D eigenvalue weighted by molar-refractivity contribution is 5.98. The molecule has 126 valence electrons. The van der Waals surface area contributed by atoms with E-state index in [4.69, 9.17) is 10.2 Å². The largest absolute Gasteiger partial charge is 0.458 e. The van der Waals surface area contributed by atoms with Crippen molar-refractivity contribution in [1.29, 1.82) is 0 Å². The van der Waals surface area contributed by atoms with E-state index in [0.717, 1.165) is 38.5 Å². The van der Waals surface area contributed by atoms with E-state index < -0.39 is 11.5 Å². The molecule has 2 aliphatic rings. The predicted octanol–water partition coefficient (Wildman–Crippen LogP) is 1.92. The van der Waals surface area contributed by atoms with Gasteiger partial charge in [0, 0.05) is 24.6 Å². The average molecular weight is 320 g/mol. The second kappa shape index (κ2) is 6.00. The molecule has 1 aromatic rings. The number of carbonyl (C=O) groups is 2. The van der Waals surface area contributed by atoms with Crippen molar-refractivity contribution < 1.29 is 19.1 Å². The van der Waals surface area contributed by atoms with E-state index >= 15 is 0 Å². The van der Waals surface area contributed by atoms with Gasteiger partial charge in [0.25, 0.3) is 11.8 Å². The average Bonchev–Trinajstić information content (AvgIpc) is 3.15. The fourth-order valence-electron chi connectivity index (χ4n) is 4.16. The molecule has 1 saturated heterocycles. The maximum Gasteiger partial charge on any atom is 0.284 e. The van der Waals surface area contributed by atoms with Gasteiger partial charge in [0.2, 0.25) is 0 Å². The van der Waals surface area contributed by atoms with Crippen LogP contribution in [-0.4, -0.2) is 40.0 Å². The molecular weight excluding hydrogens is 296 g/mol. The number of carbonyl (C=O) groups excluding carboxylic acids is 2. The van der Waals surface area contributed by atoms with Crippen LogP contribution < -0.4 is 5.73 Å². The molecule has 3 rings (SSSR count). The molecule has 2 fully saturated rings. The third-order valence-electron chi connectivity index (χ3n) is 5.36. The van der Waals surface area contributed by atoms with Crippen LogP contribution in [0.1, 0.15) is 66.4 Å². The number of likely N-dealkylation sites (tertiary alicyclic amines) is 1. The minimum Gasteiger partial charge on any atom is -0.458 e. The first kappa shape index (κ1) is 16.1. The summed E-state index contributed by atoms with van der Waals surface area (Å²) in [5.41, 5.74) is 4.80. The fourth-order valence-corrected chi connectivity index (χ4v) is 4.16. The smallest absolute Gasteiger partial charge is 0.284 e. The van der Waals surface area contributed by atoms with Crippen molar-refractivity contribution in [2.24, 2.45) is 11.7 Å². The first-order chi connectivity index (χ1) is 10.9. The molecule has 1 aliphatic heterocycles. The molecule has 3 atom stereocenters. The zero-order valence-electron chi connectivity index (χ0n) is 13.5. The number of nitrogens with two attached hydrogens (primary N) is 1. The van der Waals surface area contributed by atoms with E-state index in [1.807, 2.05) is 11.8 Å². The van der Waals surface area contributed by atoms with Crippen molar-refractivity contribution in [1.82, 2.24) is 4.90 Å². The Morgan fingerprint density at radius 2 is 2.13 bits per heavy atom. The first-order valence-electron chi connectivity index (χ1n) is 8.32. The minimum absolute atomic E-state index is 0.00578. The van der Waals surface area contributed by atoms with Gasteiger partial charge in [0.05, 0.1) is 11.2 Å². The Kier molecular flexibility index (Phi) is 4.19. The molecular formula is C17H24N2O4. The number of amides is 2. The van der Waals surface area contributed by atoms with Crippen LogP contribution in [0.25, 0.3) is 0 Å². The van der Waals surface area contributed by atoms with Gasteiger partial charge < -0.3 is 20.2 Å². The van der Waals surface area contributed by atoms with Crippen LogP contribution >= 0.6 is 0 Å². The highest BCUT2D eigenvalue weighted by atomic mass is 16.3. The number of rotatable bonds is 3. The lowest BCUT2D eigenvalue weighted by molar-refractivity contribution is -0.0577. The summed E-state index contributed by atoms with van der Waals surface area (Å²) < 4.78 is 5.06. The highest BCUT2D eigenvalue weighted by Crippen LogP contribution is 2.41. The van der Waals surface area contributed by atoms with Gasteiger partial charge in [-0.2, -0.15) is 0 Å². The molecule has 6 heteroatoms. The quantitative estimate of drug-likeness (QED) is 0.889. The highest BCUT2D eigenvalue weighted by Gasteiger charge is 2.44. The summed E-state index contributed by atoms with van der Waals surface area (Å²) in [5, 5.41) is 10.7. The molecule has 0 unspecified atom stereocenters.